The van der Waals surface area contributed by atoms with Crippen LogP contribution in [0.5, 0.6) is 0 Å². The molecular weight excluding hydrogens is 484 g/mol. The molecule has 0 unspecified atom stereocenters. The van der Waals surface area contributed by atoms with Crippen molar-refractivity contribution < 1.29 is 19.1 Å². The second-order valence-corrected chi connectivity index (χ2v) is 12.4. The minimum atomic E-state index is -0.344. The van der Waals surface area contributed by atoms with Crippen LogP contribution in [0.1, 0.15) is 154 Å². The SMILES string of the molecule is CCCCCCCCCCCC[C@H](OC(=O)[C@H](C)c1ccc(CC(C)C)cc1)[C@H]1OC(=O)[C@H]1CCCCCC. The van der Waals surface area contributed by atoms with Gasteiger partial charge in [-0.2, -0.15) is 0 Å². The predicted octanol–water partition coefficient (Wildman–Crippen LogP) is 9.72. The normalized spacial score (nSPS) is 18.5. The van der Waals surface area contributed by atoms with Crippen molar-refractivity contribution in [3.05, 3.63) is 35.4 Å². The summed E-state index contributed by atoms with van der Waals surface area (Å²) >= 11 is 0. The summed E-state index contributed by atoms with van der Waals surface area (Å²) in [7, 11) is 0. The maximum atomic E-state index is 13.3. The third-order valence-electron chi connectivity index (χ3n) is 8.27. The van der Waals surface area contributed by atoms with Crippen LogP contribution in [-0.4, -0.2) is 24.1 Å². The molecule has 0 amide bonds. The van der Waals surface area contributed by atoms with E-state index in [-0.39, 0.29) is 36.0 Å². The molecule has 0 radical (unpaired) electrons. The molecule has 1 aliphatic rings. The molecule has 1 saturated heterocycles. The lowest BCUT2D eigenvalue weighted by molar-refractivity contribution is -0.207. The summed E-state index contributed by atoms with van der Waals surface area (Å²) in [6.07, 6.45) is 19.2. The highest BCUT2D eigenvalue weighted by Gasteiger charge is 2.48. The van der Waals surface area contributed by atoms with E-state index in [1.807, 2.05) is 6.92 Å². The summed E-state index contributed by atoms with van der Waals surface area (Å²) in [5.74, 6) is -0.198. The van der Waals surface area contributed by atoms with Crippen molar-refractivity contribution in [3.63, 3.8) is 0 Å². The van der Waals surface area contributed by atoms with Crippen molar-refractivity contribution in [2.45, 2.75) is 162 Å². The summed E-state index contributed by atoms with van der Waals surface area (Å²) in [6.45, 7) is 10.8. The third kappa shape index (κ3) is 12.5. The number of hydrogen-bond donors (Lipinski definition) is 0. The van der Waals surface area contributed by atoms with Gasteiger partial charge in [-0.1, -0.05) is 135 Å². The van der Waals surface area contributed by atoms with Gasteiger partial charge < -0.3 is 9.47 Å². The first kappa shape index (κ1) is 33.4. The number of benzene rings is 1. The largest absolute Gasteiger partial charge is 0.458 e. The zero-order valence-corrected chi connectivity index (χ0v) is 25.8. The third-order valence-corrected chi connectivity index (χ3v) is 8.27. The summed E-state index contributed by atoms with van der Waals surface area (Å²) < 4.78 is 11.8. The number of carbonyl (C=O) groups excluding carboxylic acids is 2. The second-order valence-electron chi connectivity index (χ2n) is 12.4. The second kappa shape index (κ2) is 19.3. The molecule has 1 fully saturated rings. The standard InChI is InChI=1S/C35H58O4/c1-6-8-10-12-13-14-15-16-17-19-21-32(33-31(35(37)39-33)20-18-11-9-7-2)38-34(36)28(5)30-24-22-29(23-25-30)26-27(3)4/h22-25,27-28,31-33H,6-21,26H2,1-5H3/t28-,31+,32+,33+/m1/s1. The van der Waals surface area contributed by atoms with Gasteiger partial charge in [-0.15, -0.1) is 0 Å². The highest BCUT2D eigenvalue weighted by atomic mass is 16.6. The highest BCUT2D eigenvalue weighted by Crippen LogP contribution is 2.34. The Kier molecular flexibility index (Phi) is 16.5. The molecule has 0 N–H and O–H groups in total. The van der Waals surface area contributed by atoms with Crippen LogP contribution in [0.15, 0.2) is 24.3 Å². The van der Waals surface area contributed by atoms with Crippen molar-refractivity contribution in [2.24, 2.45) is 11.8 Å². The first-order valence-electron chi connectivity index (χ1n) is 16.4. The van der Waals surface area contributed by atoms with Gasteiger partial charge in [-0.05, 0) is 49.7 Å². The maximum Gasteiger partial charge on any atom is 0.313 e. The number of rotatable bonds is 22. The number of unbranched alkanes of at least 4 members (excludes halogenated alkanes) is 12. The molecule has 2 rings (SSSR count). The van der Waals surface area contributed by atoms with Crippen LogP contribution in [0, 0.1) is 11.8 Å². The van der Waals surface area contributed by atoms with Crippen LogP contribution in [0.3, 0.4) is 0 Å². The molecule has 1 heterocycles. The number of ether oxygens (including phenoxy) is 2. The van der Waals surface area contributed by atoms with Crippen LogP contribution >= 0.6 is 0 Å². The van der Waals surface area contributed by atoms with E-state index in [2.05, 4.69) is 52.0 Å². The van der Waals surface area contributed by atoms with Crippen LogP contribution in [0.25, 0.3) is 0 Å². The van der Waals surface area contributed by atoms with Crippen molar-refractivity contribution >= 4 is 11.9 Å². The fraction of sp³-hybridized carbons (Fsp3) is 0.771. The van der Waals surface area contributed by atoms with E-state index in [1.165, 1.54) is 69.8 Å². The molecule has 0 bridgehead atoms. The summed E-state index contributed by atoms with van der Waals surface area (Å²) in [5.41, 5.74) is 2.27. The molecule has 4 heteroatoms. The van der Waals surface area contributed by atoms with Crippen molar-refractivity contribution in [1.29, 1.82) is 0 Å². The molecule has 1 aliphatic heterocycles. The van der Waals surface area contributed by atoms with Gasteiger partial charge in [-0.25, -0.2) is 0 Å². The molecule has 222 valence electrons. The van der Waals surface area contributed by atoms with E-state index in [0.717, 1.165) is 50.5 Å². The van der Waals surface area contributed by atoms with Gasteiger partial charge in [-0.3, -0.25) is 9.59 Å². The Bertz CT molecular complexity index is 799. The molecule has 1 aromatic rings. The topological polar surface area (TPSA) is 52.6 Å². The Morgan fingerprint density at radius 3 is 1.87 bits per heavy atom. The fourth-order valence-corrected chi connectivity index (χ4v) is 5.70. The lowest BCUT2D eigenvalue weighted by Crippen LogP contribution is -2.53. The van der Waals surface area contributed by atoms with E-state index in [0.29, 0.717) is 5.92 Å². The van der Waals surface area contributed by atoms with Crippen molar-refractivity contribution in [3.8, 4) is 0 Å². The van der Waals surface area contributed by atoms with E-state index < -0.39 is 0 Å². The fourth-order valence-electron chi connectivity index (χ4n) is 5.70. The molecule has 39 heavy (non-hydrogen) atoms. The number of esters is 2. The number of cyclic esters (lactones) is 1. The predicted molar refractivity (Wildman–Crippen MR) is 162 cm³/mol. The minimum Gasteiger partial charge on any atom is -0.458 e. The molecule has 4 nitrogen and oxygen atoms in total. The Labute approximate surface area is 240 Å². The van der Waals surface area contributed by atoms with Crippen LogP contribution in [0.2, 0.25) is 0 Å². The first-order chi connectivity index (χ1) is 18.9. The smallest absolute Gasteiger partial charge is 0.313 e. The van der Waals surface area contributed by atoms with Gasteiger partial charge >= 0.3 is 11.9 Å². The monoisotopic (exact) mass is 542 g/mol. The van der Waals surface area contributed by atoms with E-state index in [1.54, 1.807) is 0 Å². The molecule has 4 atom stereocenters. The average molecular weight is 543 g/mol. The average Bonchev–Trinajstić information content (AvgIpc) is 2.91. The highest BCUT2D eigenvalue weighted by molar-refractivity contribution is 5.80. The van der Waals surface area contributed by atoms with Crippen LogP contribution in [0.4, 0.5) is 0 Å². The Morgan fingerprint density at radius 1 is 0.795 bits per heavy atom. The molecule has 1 aromatic carbocycles. The lowest BCUT2D eigenvalue weighted by Gasteiger charge is -2.40. The zero-order chi connectivity index (χ0) is 28.5. The zero-order valence-electron chi connectivity index (χ0n) is 25.8. The number of carbonyl (C=O) groups is 2. The maximum absolute atomic E-state index is 13.3. The number of hydrogen-bond acceptors (Lipinski definition) is 4. The molecule has 0 aromatic heterocycles. The Balaban J connectivity index is 1.90. The Morgan fingerprint density at radius 2 is 1.33 bits per heavy atom. The van der Waals surface area contributed by atoms with Gasteiger partial charge in [0.2, 0.25) is 0 Å². The first-order valence-corrected chi connectivity index (χ1v) is 16.4. The summed E-state index contributed by atoms with van der Waals surface area (Å²) in [5, 5.41) is 0. The van der Waals surface area contributed by atoms with Crippen molar-refractivity contribution in [1.82, 2.24) is 0 Å². The molecule has 0 aliphatic carbocycles. The van der Waals surface area contributed by atoms with Gasteiger partial charge in [0.15, 0.2) is 6.10 Å². The summed E-state index contributed by atoms with van der Waals surface area (Å²) in [6, 6.07) is 8.36. The van der Waals surface area contributed by atoms with E-state index >= 15 is 0 Å². The lowest BCUT2D eigenvalue weighted by atomic mass is 9.85. The van der Waals surface area contributed by atoms with Gasteiger partial charge in [0.05, 0.1) is 11.8 Å². The van der Waals surface area contributed by atoms with Crippen LogP contribution in [-0.2, 0) is 25.5 Å². The van der Waals surface area contributed by atoms with E-state index in [9.17, 15) is 9.59 Å². The van der Waals surface area contributed by atoms with Crippen LogP contribution < -0.4 is 0 Å². The minimum absolute atomic E-state index is 0.116. The quantitative estimate of drug-likeness (QED) is 0.108. The molecular formula is C35H58O4. The van der Waals surface area contributed by atoms with Crippen molar-refractivity contribution in [2.75, 3.05) is 0 Å². The molecule has 0 saturated carbocycles. The van der Waals surface area contributed by atoms with Gasteiger partial charge in [0.1, 0.15) is 6.10 Å². The van der Waals surface area contributed by atoms with Gasteiger partial charge in [0.25, 0.3) is 0 Å². The Hall–Kier alpha value is -1.84. The summed E-state index contributed by atoms with van der Waals surface area (Å²) in [4.78, 5) is 25.6. The van der Waals surface area contributed by atoms with Gasteiger partial charge in [0, 0.05) is 0 Å². The van der Waals surface area contributed by atoms with E-state index in [4.69, 9.17) is 9.47 Å². The molecule has 0 spiro atoms.